The van der Waals surface area contributed by atoms with Gasteiger partial charge in [-0.15, -0.1) is 0 Å². The zero-order valence-electron chi connectivity index (χ0n) is 10.3. The Morgan fingerprint density at radius 3 is 2.47 bits per heavy atom. The molecule has 0 radical (unpaired) electrons. The smallest absolute Gasteiger partial charge is 0.0278 e. The van der Waals surface area contributed by atoms with E-state index in [4.69, 9.17) is 5.73 Å². The number of rotatable bonds is 7. The molecule has 2 nitrogen and oxygen atoms in total. The highest BCUT2D eigenvalue weighted by atomic mass is 15.0. The standard InChI is InChI=1S/C13H26N2/c1-10(12-5-6-12)8-15-13(2,9-14)7-11-3-4-11/h10-12,15H,3-9,14H2,1-2H3. The second-order valence-electron chi connectivity index (χ2n) is 6.11. The monoisotopic (exact) mass is 210 g/mol. The van der Waals surface area contributed by atoms with E-state index in [1.807, 2.05) is 0 Å². The maximum atomic E-state index is 5.90. The lowest BCUT2D eigenvalue weighted by Gasteiger charge is -2.31. The maximum absolute atomic E-state index is 5.90. The van der Waals surface area contributed by atoms with Crippen LogP contribution in [0, 0.1) is 17.8 Å². The average molecular weight is 210 g/mol. The van der Waals surface area contributed by atoms with Crippen LogP contribution in [0.25, 0.3) is 0 Å². The molecule has 0 aromatic rings. The van der Waals surface area contributed by atoms with E-state index in [-0.39, 0.29) is 5.54 Å². The second-order valence-corrected chi connectivity index (χ2v) is 6.11. The predicted octanol–water partition coefficient (Wildman–Crippen LogP) is 2.14. The molecule has 0 heterocycles. The van der Waals surface area contributed by atoms with Crippen molar-refractivity contribution >= 4 is 0 Å². The highest BCUT2D eigenvalue weighted by molar-refractivity contribution is 4.92. The van der Waals surface area contributed by atoms with Crippen molar-refractivity contribution < 1.29 is 0 Å². The molecule has 15 heavy (non-hydrogen) atoms. The number of nitrogens with two attached hydrogens (primary N) is 1. The van der Waals surface area contributed by atoms with Gasteiger partial charge in [-0.3, -0.25) is 0 Å². The molecule has 3 N–H and O–H groups in total. The van der Waals surface area contributed by atoms with Crippen LogP contribution in [0.1, 0.15) is 46.0 Å². The van der Waals surface area contributed by atoms with Crippen molar-refractivity contribution in [1.82, 2.24) is 5.32 Å². The lowest BCUT2D eigenvalue weighted by atomic mass is 9.93. The molecule has 0 aliphatic heterocycles. The Bertz CT molecular complexity index is 209. The lowest BCUT2D eigenvalue weighted by molar-refractivity contribution is 0.294. The van der Waals surface area contributed by atoms with Crippen molar-refractivity contribution in [3.63, 3.8) is 0 Å². The molecule has 2 fully saturated rings. The van der Waals surface area contributed by atoms with Gasteiger partial charge < -0.3 is 11.1 Å². The van der Waals surface area contributed by atoms with Gasteiger partial charge in [0, 0.05) is 12.1 Å². The Labute approximate surface area is 94.0 Å². The van der Waals surface area contributed by atoms with Gasteiger partial charge in [0.2, 0.25) is 0 Å². The first-order valence-corrected chi connectivity index (χ1v) is 6.58. The first-order chi connectivity index (χ1) is 7.13. The summed E-state index contributed by atoms with van der Waals surface area (Å²) in [5.41, 5.74) is 6.10. The summed E-state index contributed by atoms with van der Waals surface area (Å²) >= 11 is 0. The van der Waals surface area contributed by atoms with Gasteiger partial charge in [0.1, 0.15) is 0 Å². The second kappa shape index (κ2) is 4.42. The van der Waals surface area contributed by atoms with E-state index in [1.54, 1.807) is 0 Å². The molecule has 2 rings (SSSR count). The molecule has 2 heteroatoms. The Hall–Kier alpha value is -0.0800. The van der Waals surface area contributed by atoms with Crippen molar-refractivity contribution in [2.24, 2.45) is 23.5 Å². The van der Waals surface area contributed by atoms with Gasteiger partial charge in [-0.05, 0) is 50.5 Å². The van der Waals surface area contributed by atoms with Crippen molar-refractivity contribution in [2.45, 2.75) is 51.5 Å². The summed E-state index contributed by atoms with van der Waals surface area (Å²) in [5, 5.41) is 3.71. The van der Waals surface area contributed by atoms with Crippen LogP contribution in [-0.4, -0.2) is 18.6 Å². The largest absolute Gasteiger partial charge is 0.329 e. The third kappa shape index (κ3) is 3.46. The van der Waals surface area contributed by atoms with E-state index in [0.717, 1.165) is 30.8 Å². The first-order valence-electron chi connectivity index (χ1n) is 6.58. The summed E-state index contributed by atoms with van der Waals surface area (Å²) < 4.78 is 0. The third-order valence-electron chi connectivity index (χ3n) is 4.16. The zero-order chi connectivity index (χ0) is 10.9. The Morgan fingerprint density at radius 2 is 2.00 bits per heavy atom. The highest BCUT2D eigenvalue weighted by Gasteiger charge is 2.34. The minimum atomic E-state index is 0.199. The summed E-state index contributed by atoms with van der Waals surface area (Å²) in [7, 11) is 0. The average Bonchev–Trinajstić information content (AvgIpc) is 3.05. The summed E-state index contributed by atoms with van der Waals surface area (Å²) in [5.74, 6) is 2.80. The lowest BCUT2D eigenvalue weighted by Crippen LogP contribution is -2.50. The Balaban J connectivity index is 1.72. The highest BCUT2D eigenvalue weighted by Crippen LogP contribution is 2.38. The van der Waals surface area contributed by atoms with Crippen LogP contribution in [0.15, 0.2) is 0 Å². The Kier molecular flexibility index (Phi) is 3.36. The van der Waals surface area contributed by atoms with Crippen LogP contribution in [0.2, 0.25) is 0 Å². The fourth-order valence-corrected chi connectivity index (χ4v) is 2.43. The van der Waals surface area contributed by atoms with E-state index < -0.39 is 0 Å². The molecule has 0 amide bonds. The summed E-state index contributed by atoms with van der Waals surface area (Å²) in [6.45, 7) is 6.61. The Morgan fingerprint density at radius 1 is 1.33 bits per heavy atom. The van der Waals surface area contributed by atoms with Crippen LogP contribution >= 0.6 is 0 Å². The molecule has 2 saturated carbocycles. The molecule has 0 spiro atoms. The molecule has 2 aliphatic carbocycles. The van der Waals surface area contributed by atoms with Crippen molar-refractivity contribution in [3.8, 4) is 0 Å². The fraction of sp³-hybridized carbons (Fsp3) is 1.00. The summed E-state index contributed by atoms with van der Waals surface area (Å²) in [6.07, 6.45) is 7.03. The number of hydrogen-bond acceptors (Lipinski definition) is 2. The molecule has 2 aliphatic rings. The van der Waals surface area contributed by atoms with Gasteiger partial charge in [-0.25, -0.2) is 0 Å². The number of nitrogens with one attached hydrogen (secondary N) is 1. The minimum absolute atomic E-state index is 0.199. The normalized spacial score (nSPS) is 27.4. The molecule has 2 unspecified atom stereocenters. The molecule has 0 saturated heterocycles. The van der Waals surface area contributed by atoms with Crippen LogP contribution in [0.5, 0.6) is 0 Å². The fourth-order valence-electron chi connectivity index (χ4n) is 2.43. The molecule has 2 atom stereocenters. The van der Waals surface area contributed by atoms with Crippen molar-refractivity contribution in [3.05, 3.63) is 0 Å². The minimum Gasteiger partial charge on any atom is -0.329 e. The van der Waals surface area contributed by atoms with Gasteiger partial charge in [-0.2, -0.15) is 0 Å². The van der Waals surface area contributed by atoms with E-state index in [9.17, 15) is 0 Å². The first kappa shape index (κ1) is 11.4. The van der Waals surface area contributed by atoms with Crippen LogP contribution in [0.3, 0.4) is 0 Å². The SMILES string of the molecule is CC(CNC(C)(CN)CC1CC1)C1CC1. The topological polar surface area (TPSA) is 38.0 Å². The van der Waals surface area contributed by atoms with Gasteiger partial charge in [-0.1, -0.05) is 19.8 Å². The molecule has 0 bridgehead atoms. The number of hydrogen-bond donors (Lipinski definition) is 2. The van der Waals surface area contributed by atoms with Gasteiger partial charge in [0.25, 0.3) is 0 Å². The molecule has 0 aromatic heterocycles. The molecule has 88 valence electrons. The maximum Gasteiger partial charge on any atom is 0.0278 e. The van der Waals surface area contributed by atoms with E-state index in [0.29, 0.717) is 0 Å². The van der Waals surface area contributed by atoms with Crippen LogP contribution in [0.4, 0.5) is 0 Å². The third-order valence-corrected chi connectivity index (χ3v) is 4.16. The summed E-state index contributed by atoms with van der Waals surface area (Å²) in [6, 6.07) is 0. The van der Waals surface area contributed by atoms with Gasteiger partial charge in [0.15, 0.2) is 0 Å². The molecule has 0 aromatic carbocycles. The van der Waals surface area contributed by atoms with Crippen LogP contribution < -0.4 is 11.1 Å². The zero-order valence-corrected chi connectivity index (χ0v) is 10.3. The summed E-state index contributed by atoms with van der Waals surface area (Å²) in [4.78, 5) is 0. The molecular weight excluding hydrogens is 184 g/mol. The predicted molar refractivity (Wildman–Crippen MR) is 64.7 cm³/mol. The van der Waals surface area contributed by atoms with Crippen LogP contribution in [-0.2, 0) is 0 Å². The van der Waals surface area contributed by atoms with Crippen molar-refractivity contribution in [1.29, 1.82) is 0 Å². The van der Waals surface area contributed by atoms with Gasteiger partial charge >= 0.3 is 0 Å². The van der Waals surface area contributed by atoms with E-state index >= 15 is 0 Å². The van der Waals surface area contributed by atoms with E-state index in [2.05, 4.69) is 19.2 Å². The molecular formula is C13H26N2. The van der Waals surface area contributed by atoms with E-state index in [1.165, 1.54) is 32.1 Å². The quantitative estimate of drug-likeness (QED) is 0.675. The van der Waals surface area contributed by atoms with Crippen molar-refractivity contribution in [2.75, 3.05) is 13.1 Å². The van der Waals surface area contributed by atoms with Gasteiger partial charge in [0.05, 0.1) is 0 Å².